The van der Waals surface area contributed by atoms with E-state index < -0.39 is 17.5 Å². The maximum atomic E-state index is 13.0. The van der Waals surface area contributed by atoms with Gasteiger partial charge in [0.1, 0.15) is 5.03 Å². The molecule has 2 aromatic rings. The first-order valence-corrected chi connectivity index (χ1v) is 6.95. The minimum absolute atomic E-state index is 0.0138. The van der Waals surface area contributed by atoms with Gasteiger partial charge < -0.3 is 5.43 Å². The number of alkyl halides is 3. The molecular weight excluding hydrogens is 331 g/mol. The minimum atomic E-state index is -4.90. The van der Waals surface area contributed by atoms with Gasteiger partial charge in [-0.2, -0.15) is 13.2 Å². The Kier molecular flexibility index (Phi) is 4.71. The molecular formula is C12H12F3N7S. The lowest BCUT2D eigenvalue weighted by molar-refractivity contribution is -0.0624. The summed E-state index contributed by atoms with van der Waals surface area (Å²) in [7, 11) is 1.43. The zero-order chi connectivity index (χ0) is 17.2. The number of aromatic nitrogens is 2. The van der Waals surface area contributed by atoms with E-state index in [2.05, 4.69) is 15.4 Å². The van der Waals surface area contributed by atoms with Gasteiger partial charge in [-0.1, -0.05) is 12.1 Å². The van der Waals surface area contributed by atoms with Gasteiger partial charge in [0.25, 0.3) is 0 Å². The molecule has 0 aliphatic carbocycles. The van der Waals surface area contributed by atoms with Crippen molar-refractivity contribution in [1.82, 2.24) is 15.0 Å². The number of amidine groups is 1. The van der Waals surface area contributed by atoms with E-state index in [1.807, 2.05) is 0 Å². The normalized spacial score (nSPS) is 12.5. The maximum absolute atomic E-state index is 13.0. The fourth-order valence-corrected chi connectivity index (χ4v) is 2.45. The Balaban J connectivity index is 2.76. The summed E-state index contributed by atoms with van der Waals surface area (Å²) in [5.41, 5.74) is 1.91. The molecule has 1 heterocycles. The predicted molar refractivity (Wildman–Crippen MR) is 81.3 cm³/mol. The van der Waals surface area contributed by atoms with E-state index in [0.29, 0.717) is 4.57 Å². The van der Waals surface area contributed by atoms with Crippen LogP contribution in [0.2, 0.25) is 0 Å². The summed E-state index contributed by atoms with van der Waals surface area (Å²) in [5.74, 6) is 3.57. The van der Waals surface area contributed by atoms with Crippen LogP contribution in [0.4, 0.5) is 13.2 Å². The second-order valence-electron chi connectivity index (χ2n) is 4.21. The zero-order valence-electron chi connectivity index (χ0n) is 11.8. The molecule has 0 aliphatic heterocycles. The van der Waals surface area contributed by atoms with Crippen LogP contribution in [-0.2, 0) is 0 Å². The molecule has 0 unspecified atom stereocenters. The van der Waals surface area contributed by atoms with Crippen molar-refractivity contribution in [2.45, 2.75) is 11.2 Å². The zero-order valence-corrected chi connectivity index (χ0v) is 12.6. The van der Waals surface area contributed by atoms with E-state index in [-0.39, 0.29) is 21.2 Å². The molecule has 0 saturated carbocycles. The third kappa shape index (κ3) is 3.35. The number of fused-ring (bicyclic) bond motifs is 1. The fourth-order valence-electron chi connectivity index (χ4n) is 1.79. The standard InChI is InChI=1S/C12H12F3N7S/c1-19-11(21-18)23-9-8(16)22(10(17)12(13,14)15)7-5-3-2-4-6(7)20-9/h2-5,16-17H,18H2,1H3,(H,19,21). The first kappa shape index (κ1) is 17.0. The highest BCUT2D eigenvalue weighted by atomic mass is 32.2. The molecule has 7 nitrogen and oxygen atoms in total. The number of thioether (sulfide) groups is 1. The molecule has 0 radical (unpaired) electrons. The van der Waals surface area contributed by atoms with E-state index in [0.717, 1.165) is 11.8 Å². The predicted octanol–water partition coefficient (Wildman–Crippen LogP) is 1.44. The lowest BCUT2D eigenvalue weighted by Crippen LogP contribution is -2.38. The highest BCUT2D eigenvalue weighted by molar-refractivity contribution is 8.13. The average Bonchev–Trinajstić information content (AvgIpc) is 2.51. The van der Waals surface area contributed by atoms with Crippen molar-refractivity contribution in [3.63, 3.8) is 0 Å². The van der Waals surface area contributed by atoms with Crippen LogP contribution in [0.3, 0.4) is 0 Å². The average molecular weight is 343 g/mol. The molecule has 1 aromatic carbocycles. The second-order valence-corrected chi connectivity index (χ2v) is 5.19. The maximum Gasteiger partial charge on any atom is 0.449 e. The van der Waals surface area contributed by atoms with Crippen LogP contribution in [-0.4, -0.2) is 33.8 Å². The number of nitrogens with two attached hydrogens (primary N) is 1. The largest absolute Gasteiger partial charge is 0.449 e. The van der Waals surface area contributed by atoms with Gasteiger partial charge in [-0.05, 0) is 23.9 Å². The third-order valence-electron chi connectivity index (χ3n) is 2.78. The van der Waals surface area contributed by atoms with Gasteiger partial charge in [-0.3, -0.25) is 20.4 Å². The molecule has 122 valence electrons. The van der Waals surface area contributed by atoms with Crippen LogP contribution in [0.1, 0.15) is 0 Å². The number of nitrogens with one attached hydrogen (secondary N) is 3. The van der Waals surface area contributed by atoms with Gasteiger partial charge in [-0.25, -0.2) is 10.8 Å². The van der Waals surface area contributed by atoms with Crippen LogP contribution in [0.15, 0.2) is 34.3 Å². The summed E-state index contributed by atoms with van der Waals surface area (Å²) in [6.07, 6.45) is -4.90. The number of benzene rings is 1. The summed E-state index contributed by atoms with van der Waals surface area (Å²) in [6.45, 7) is 0. The fraction of sp³-hybridized carbons (Fsp3) is 0.167. The van der Waals surface area contributed by atoms with Crippen LogP contribution in [0.25, 0.3) is 11.0 Å². The van der Waals surface area contributed by atoms with E-state index in [9.17, 15) is 13.2 Å². The number of rotatable bonds is 1. The molecule has 1 aromatic heterocycles. The molecule has 0 atom stereocenters. The van der Waals surface area contributed by atoms with Crippen LogP contribution in [0.5, 0.6) is 0 Å². The lowest BCUT2D eigenvalue weighted by Gasteiger charge is -2.16. The van der Waals surface area contributed by atoms with Gasteiger partial charge in [0.2, 0.25) is 5.84 Å². The van der Waals surface area contributed by atoms with E-state index in [4.69, 9.17) is 16.7 Å². The minimum Gasteiger partial charge on any atom is -0.303 e. The summed E-state index contributed by atoms with van der Waals surface area (Å²) in [5, 5.41) is 15.5. The van der Waals surface area contributed by atoms with Crippen LogP contribution < -0.4 is 16.8 Å². The number of hydrogen-bond acceptors (Lipinski definition) is 6. The van der Waals surface area contributed by atoms with Crippen molar-refractivity contribution in [3.05, 3.63) is 29.8 Å². The van der Waals surface area contributed by atoms with Gasteiger partial charge in [0.15, 0.2) is 10.7 Å². The molecule has 2 rings (SSSR count). The Bertz CT molecular complexity index is 841. The summed E-state index contributed by atoms with van der Waals surface area (Å²) < 4.78 is 39.4. The molecule has 23 heavy (non-hydrogen) atoms. The van der Waals surface area contributed by atoms with Crippen molar-refractivity contribution in [2.75, 3.05) is 7.05 Å². The van der Waals surface area contributed by atoms with Crippen LogP contribution in [0, 0.1) is 10.8 Å². The number of nitrogens with zero attached hydrogens (tertiary/aromatic N) is 3. The Hall–Kier alpha value is -2.40. The van der Waals surface area contributed by atoms with Gasteiger partial charge >= 0.3 is 6.18 Å². The molecule has 0 aliphatic rings. The topological polar surface area (TPSA) is 116 Å². The third-order valence-corrected chi connectivity index (χ3v) is 3.75. The molecule has 0 amide bonds. The van der Waals surface area contributed by atoms with Crippen molar-refractivity contribution in [3.8, 4) is 0 Å². The van der Waals surface area contributed by atoms with Crippen molar-refractivity contribution in [2.24, 2.45) is 10.8 Å². The van der Waals surface area contributed by atoms with Crippen LogP contribution >= 0.6 is 11.8 Å². The summed E-state index contributed by atoms with van der Waals surface area (Å²) in [4.78, 5) is 7.93. The number of hydrogen-bond donors (Lipinski definition) is 4. The monoisotopic (exact) mass is 343 g/mol. The lowest BCUT2D eigenvalue weighted by atomic mass is 10.3. The first-order valence-electron chi connectivity index (χ1n) is 6.13. The highest BCUT2D eigenvalue weighted by Gasteiger charge is 2.37. The summed E-state index contributed by atoms with van der Waals surface area (Å²) >= 11 is 0.803. The molecule has 0 saturated heterocycles. The molecule has 5 N–H and O–H groups in total. The Morgan fingerprint density at radius 1 is 1.39 bits per heavy atom. The van der Waals surface area contributed by atoms with Crippen molar-refractivity contribution < 1.29 is 13.2 Å². The Morgan fingerprint density at radius 3 is 2.61 bits per heavy atom. The quantitative estimate of drug-likeness (QED) is 0.206. The molecule has 0 bridgehead atoms. The highest BCUT2D eigenvalue weighted by Crippen LogP contribution is 2.22. The molecule has 11 heteroatoms. The van der Waals surface area contributed by atoms with Gasteiger partial charge in [-0.15, -0.1) is 0 Å². The first-order chi connectivity index (χ1) is 10.8. The SMILES string of the molecule is CN=C(NN)Sc1nc2ccccc2n(C(=N)C(F)(F)F)c1=N. The van der Waals surface area contributed by atoms with Crippen molar-refractivity contribution >= 4 is 33.8 Å². The Morgan fingerprint density at radius 2 is 2.04 bits per heavy atom. The van der Waals surface area contributed by atoms with E-state index in [1.165, 1.54) is 25.2 Å². The van der Waals surface area contributed by atoms with Gasteiger partial charge in [0.05, 0.1) is 11.0 Å². The van der Waals surface area contributed by atoms with E-state index >= 15 is 0 Å². The number of hydrazine groups is 1. The number of aliphatic imine (C=N–C) groups is 1. The Labute approximate surface area is 132 Å². The smallest absolute Gasteiger partial charge is 0.303 e. The van der Waals surface area contributed by atoms with Crippen molar-refractivity contribution in [1.29, 1.82) is 10.8 Å². The number of para-hydroxylation sites is 2. The summed E-state index contributed by atoms with van der Waals surface area (Å²) in [6, 6.07) is 5.98. The van der Waals surface area contributed by atoms with Gasteiger partial charge in [0, 0.05) is 7.05 Å². The second kappa shape index (κ2) is 6.38. The van der Waals surface area contributed by atoms with E-state index in [1.54, 1.807) is 6.07 Å². The molecule has 0 spiro atoms. The number of halogens is 3. The molecule has 0 fully saturated rings.